The van der Waals surface area contributed by atoms with Gasteiger partial charge in [0.15, 0.2) is 5.82 Å². The lowest BCUT2D eigenvalue weighted by atomic mass is 9.96. The molecule has 3 heteroatoms. The van der Waals surface area contributed by atoms with E-state index in [1.165, 1.54) is 6.42 Å². The van der Waals surface area contributed by atoms with Crippen LogP contribution in [0.15, 0.2) is 24.0 Å². The minimum absolute atomic E-state index is 0.123. The van der Waals surface area contributed by atoms with Gasteiger partial charge < -0.3 is 4.57 Å². The Labute approximate surface area is 96.2 Å². The molecule has 1 aromatic rings. The Morgan fingerprint density at radius 2 is 2.38 bits per heavy atom. The first kappa shape index (κ1) is 11.1. The molecule has 1 aliphatic carbocycles. The van der Waals surface area contributed by atoms with Crippen molar-refractivity contribution >= 4 is 5.78 Å². The van der Waals surface area contributed by atoms with Crippen LogP contribution in [0, 0.1) is 0 Å². The largest absolute Gasteiger partial charge is 0.328 e. The number of carbonyl (C=O) groups is 1. The minimum Gasteiger partial charge on any atom is -0.328 e. The van der Waals surface area contributed by atoms with Gasteiger partial charge in [-0.15, -0.1) is 0 Å². The van der Waals surface area contributed by atoms with Crippen molar-refractivity contribution in [3.05, 3.63) is 29.9 Å². The summed E-state index contributed by atoms with van der Waals surface area (Å²) in [5.41, 5.74) is 0.954. The van der Waals surface area contributed by atoms with Gasteiger partial charge in [0.05, 0.1) is 0 Å². The molecule has 86 valence electrons. The molecule has 0 spiro atoms. The van der Waals surface area contributed by atoms with Crippen molar-refractivity contribution in [2.45, 2.75) is 45.6 Å². The average Bonchev–Trinajstić information content (AvgIpc) is 2.78. The molecular formula is C13H18N2O. The Morgan fingerprint density at radius 1 is 1.50 bits per heavy atom. The molecule has 16 heavy (non-hydrogen) atoms. The molecule has 1 aliphatic rings. The molecule has 1 aromatic heterocycles. The molecule has 1 heterocycles. The molecule has 0 radical (unpaired) electrons. The van der Waals surface area contributed by atoms with Crippen molar-refractivity contribution in [1.29, 1.82) is 0 Å². The molecule has 0 unspecified atom stereocenters. The molecule has 0 saturated carbocycles. The standard InChI is InChI=1S/C13H18N2O/c1-2-9-15-10-8-14-13(15)12(16)11-6-4-3-5-7-11/h6,8,10H,2-5,7,9H2,1H3. The highest BCUT2D eigenvalue weighted by Gasteiger charge is 2.18. The fraction of sp³-hybridized carbons (Fsp3) is 0.538. The van der Waals surface area contributed by atoms with E-state index in [1.807, 2.05) is 10.8 Å². The van der Waals surface area contributed by atoms with Gasteiger partial charge in [0.25, 0.3) is 0 Å². The van der Waals surface area contributed by atoms with E-state index < -0.39 is 0 Å². The first-order valence-electron chi connectivity index (χ1n) is 6.07. The predicted molar refractivity (Wildman–Crippen MR) is 63.4 cm³/mol. The van der Waals surface area contributed by atoms with Gasteiger partial charge in [0, 0.05) is 18.9 Å². The highest BCUT2D eigenvalue weighted by atomic mass is 16.1. The highest BCUT2D eigenvalue weighted by Crippen LogP contribution is 2.20. The first-order chi connectivity index (χ1) is 7.83. The summed E-state index contributed by atoms with van der Waals surface area (Å²) in [6.07, 6.45) is 11.0. The van der Waals surface area contributed by atoms with E-state index in [0.29, 0.717) is 5.82 Å². The lowest BCUT2D eigenvalue weighted by Crippen LogP contribution is -2.13. The fourth-order valence-electron chi connectivity index (χ4n) is 2.13. The number of aromatic nitrogens is 2. The van der Waals surface area contributed by atoms with Gasteiger partial charge >= 0.3 is 0 Å². The van der Waals surface area contributed by atoms with Crippen LogP contribution in [0.5, 0.6) is 0 Å². The average molecular weight is 218 g/mol. The van der Waals surface area contributed by atoms with E-state index >= 15 is 0 Å². The molecular weight excluding hydrogens is 200 g/mol. The van der Waals surface area contributed by atoms with E-state index in [2.05, 4.69) is 18.0 Å². The maximum absolute atomic E-state index is 12.2. The zero-order valence-electron chi connectivity index (χ0n) is 9.78. The Balaban J connectivity index is 2.19. The van der Waals surface area contributed by atoms with Crippen molar-refractivity contribution in [3.8, 4) is 0 Å². The summed E-state index contributed by atoms with van der Waals surface area (Å²) in [7, 11) is 0. The third kappa shape index (κ3) is 2.23. The number of hydrogen-bond donors (Lipinski definition) is 0. The number of nitrogens with zero attached hydrogens (tertiary/aromatic N) is 2. The Morgan fingerprint density at radius 3 is 3.06 bits per heavy atom. The number of Topliss-reactive ketones (excluding diaryl/α,β-unsaturated/α-hetero) is 1. The quantitative estimate of drug-likeness (QED) is 0.728. The Bertz CT molecular complexity index is 404. The lowest BCUT2D eigenvalue weighted by molar-refractivity contribution is 0.101. The summed E-state index contributed by atoms with van der Waals surface area (Å²) < 4.78 is 1.96. The smallest absolute Gasteiger partial charge is 0.224 e. The minimum atomic E-state index is 0.123. The number of carbonyl (C=O) groups excluding carboxylic acids is 1. The number of allylic oxidation sites excluding steroid dienone is 2. The molecule has 0 aromatic carbocycles. The zero-order chi connectivity index (χ0) is 11.4. The summed E-state index contributed by atoms with van der Waals surface area (Å²) in [4.78, 5) is 16.4. The molecule has 3 nitrogen and oxygen atoms in total. The molecule has 0 amide bonds. The number of hydrogen-bond acceptors (Lipinski definition) is 2. The van der Waals surface area contributed by atoms with Crippen molar-refractivity contribution in [1.82, 2.24) is 9.55 Å². The molecule has 0 aliphatic heterocycles. The maximum Gasteiger partial charge on any atom is 0.224 e. The molecule has 0 bridgehead atoms. The van der Waals surface area contributed by atoms with Crippen LogP contribution >= 0.6 is 0 Å². The first-order valence-corrected chi connectivity index (χ1v) is 6.07. The van der Waals surface area contributed by atoms with E-state index in [1.54, 1.807) is 6.20 Å². The van der Waals surface area contributed by atoms with Crippen LogP contribution in [-0.4, -0.2) is 15.3 Å². The summed E-state index contributed by atoms with van der Waals surface area (Å²) in [6, 6.07) is 0. The monoisotopic (exact) mass is 218 g/mol. The number of rotatable bonds is 4. The van der Waals surface area contributed by atoms with Gasteiger partial charge in [-0.3, -0.25) is 4.79 Å². The molecule has 0 N–H and O–H groups in total. The molecule has 0 atom stereocenters. The zero-order valence-corrected chi connectivity index (χ0v) is 9.78. The van der Waals surface area contributed by atoms with E-state index in [0.717, 1.165) is 37.8 Å². The van der Waals surface area contributed by atoms with Crippen LogP contribution < -0.4 is 0 Å². The van der Waals surface area contributed by atoms with Gasteiger partial charge in [0.1, 0.15) is 0 Å². The SMILES string of the molecule is CCCn1ccnc1C(=O)C1=CCCCC1. The second-order valence-electron chi connectivity index (χ2n) is 4.25. The van der Waals surface area contributed by atoms with Crippen LogP contribution in [0.1, 0.15) is 49.6 Å². The normalized spacial score (nSPS) is 15.9. The second kappa shape index (κ2) is 5.10. The predicted octanol–water partition coefficient (Wildman–Crippen LogP) is 2.98. The van der Waals surface area contributed by atoms with Crippen molar-refractivity contribution < 1.29 is 4.79 Å². The fourth-order valence-corrected chi connectivity index (χ4v) is 2.13. The summed E-state index contributed by atoms with van der Waals surface area (Å²) >= 11 is 0. The summed E-state index contributed by atoms with van der Waals surface area (Å²) in [5.74, 6) is 0.730. The topological polar surface area (TPSA) is 34.9 Å². The van der Waals surface area contributed by atoms with E-state index in [4.69, 9.17) is 0 Å². The number of aryl methyl sites for hydroxylation is 1. The van der Waals surface area contributed by atoms with Crippen LogP contribution in [0.4, 0.5) is 0 Å². The maximum atomic E-state index is 12.2. The number of imidazole rings is 1. The Kier molecular flexibility index (Phi) is 3.54. The van der Waals surface area contributed by atoms with Crippen LogP contribution in [0.3, 0.4) is 0 Å². The Hall–Kier alpha value is -1.38. The van der Waals surface area contributed by atoms with E-state index in [-0.39, 0.29) is 5.78 Å². The molecule has 2 rings (SSSR count). The van der Waals surface area contributed by atoms with Crippen LogP contribution in [-0.2, 0) is 6.54 Å². The van der Waals surface area contributed by atoms with Gasteiger partial charge in [-0.05, 0) is 37.7 Å². The summed E-state index contributed by atoms with van der Waals surface area (Å²) in [6.45, 7) is 2.97. The molecule has 0 saturated heterocycles. The van der Waals surface area contributed by atoms with Crippen molar-refractivity contribution in [2.75, 3.05) is 0 Å². The van der Waals surface area contributed by atoms with Crippen LogP contribution in [0.25, 0.3) is 0 Å². The van der Waals surface area contributed by atoms with Crippen LogP contribution in [0.2, 0.25) is 0 Å². The highest BCUT2D eigenvalue weighted by molar-refractivity contribution is 6.06. The number of ketones is 1. The lowest BCUT2D eigenvalue weighted by Gasteiger charge is -2.12. The van der Waals surface area contributed by atoms with E-state index in [9.17, 15) is 4.79 Å². The van der Waals surface area contributed by atoms with Gasteiger partial charge in [0.2, 0.25) is 5.78 Å². The van der Waals surface area contributed by atoms with Gasteiger partial charge in [-0.1, -0.05) is 13.0 Å². The van der Waals surface area contributed by atoms with Crippen molar-refractivity contribution in [3.63, 3.8) is 0 Å². The molecule has 0 fully saturated rings. The van der Waals surface area contributed by atoms with Gasteiger partial charge in [-0.2, -0.15) is 0 Å². The van der Waals surface area contributed by atoms with Gasteiger partial charge in [-0.25, -0.2) is 4.98 Å². The third-order valence-corrected chi connectivity index (χ3v) is 2.97. The third-order valence-electron chi connectivity index (χ3n) is 2.97. The second-order valence-corrected chi connectivity index (χ2v) is 4.25. The summed E-state index contributed by atoms with van der Waals surface area (Å²) in [5, 5.41) is 0. The van der Waals surface area contributed by atoms with Crippen molar-refractivity contribution in [2.24, 2.45) is 0 Å².